The molecule has 0 aromatic heterocycles. The summed E-state index contributed by atoms with van der Waals surface area (Å²) in [4.78, 5) is 24.0. The Morgan fingerprint density at radius 2 is 1.61 bits per heavy atom. The zero-order valence-electron chi connectivity index (χ0n) is 16.5. The summed E-state index contributed by atoms with van der Waals surface area (Å²) in [5.41, 5.74) is 0. The standard InChI is InChI=1S/C18H24F7NO4S/c1-2-13(27)30-16(17(21,22)23,14(28)26-12-8-4-3-5-9-12)29-11-7-6-10-15(19,20)18(24,25)31/h2,12,31H,1,3-11H2,(H,26,28). The third-order valence-corrected chi connectivity index (χ3v) is 4.98. The van der Waals surface area contributed by atoms with E-state index in [2.05, 4.69) is 34.0 Å². The van der Waals surface area contributed by atoms with Gasteiger partial charge in [0.25, 0.3) is 0 Å². The molecule has 1 amide bonds. The molecule has 5 nitrogen and oxygen atoms in total. The number of halogens is 7. The van der Waals surface area contributed by atoms with Crippen molar-refractivity contribution in [1.29, 1.82) is 0 Å². The van der Waals surface area contributed by atoms with E-state index in [4.69, 9.17) is 0 Å². The number of ether oxygens (including phenoxy) is 2. The van der Waals surface area contributed by atoms with Crippen molar-refractivity contribution in [3.8, 4) is 0 Å². The summed E-state index contributed by atoms with van der Waals surface area (Å²) < 4.78 is 102. The van der Waals surface area contributed by atoms with Crippen LogP contribution in [0, 0.1) is 0 Å². The van der Waals surface area contributed by atoms with E-state index in [-0.39, 0.29) is 0 Å². The minimum absolute atomic E-state index is 0.396. The predicted octanol–water partition coefficient (Wildman–Crippen LogP) is 4.77. The molecular formula is C18H24F7NO4S. The number of hydrogen-bond donors (Lipinski definition) is 2. The highest BCUT2D eigenvalue weighted by molar-refractivity contribution is 7.81. The van der Waals surface area contributed by atoms with E-state index in [1.54, 1.807) is 0 Å². The SMILES string of the molecule is C=CC(=O)OC(OCCCCC(F)(F)C(F)(F)S)(C(=O)NC1CCCCC1)C(F)(F)F. The van der Waals surface area contributed by atoms with Gasteiger partial charge in [-0.2, -0.15) is 30.7 Å². The van der Waals surface area contributed by atoms with Crippen LogP contribution in [0.3, 0.4) is 0 Å². The van der Waals surface area contributed by atoms with Crippen molar-refractivity contribution >= 4 is 24.5 Å². The number of carbonyl (C=O) groups excluding carboxylic acids is 2. The number of thiol groups is 1. The maximum absolute atomic E-state index is 13.8. The fraction of sp³-hybridized carbons (Fsp3) is 0.778. The molecule has 1 saturated carbocycles. The molecule has 0 aromatic carbocycles. The van der Waals surface area contributed by atoms with Crippen LogP contribution in [0.25, 0.3) is 0 Å². The molecule has 180 valence electrons. The minimum atomic E-state index is -5.52. The van der Waals surface area contributed by atoms with Crippen molar-refractivity contribution < 1.29 is 49.8 Å². The zero-order chi connectivity index (χ0) is 23.9. The highest BCUT2D eigenvalue weighted by Crippen LogP contribution is 2.41. The van der Waals surface area contributed by atoms with Crippen molar-refractivity contribution in [3.05, 3.63) is 12.7 Å². The lowest BCUT2D eigenvalue weighted by molar-refractivity contribution is -0.347. The first-order chi connectivity index (χ1) is 14.2. The molecular weight excluding hydrogens is 459 g/mol. The Bertz CT molecular complexity index is 633. The number of nitrogens with one attached hydrogen (secondary N) is 1. The van der Waals surface area contributed by atoms with Gasteiger partial charge in [-0.3, -0.25) is 4.79 Å². The molecule has 1 aliphatic carbocycles. The smallest absolute Gasteiger partial charge is 0.412 e. The second-order valence-corrected chi connectivity index (χ2v) is 7.66. The van der Waals surface area contributed by atoms with E-state index >= 15 is 0 Å². The van der Waals surface area contributed by atoms with E-state index in [1.807, 2.05) is 0 Å². The first-order valence-electron chi connectivity index (χ1n) is 9.51. The van der Waals surface area contributed by atoms with Crippen LogP contribution in [-0.2, 0) is 19.1 Å². The van der Waals surface area contributed by atoms with Crippen LogP contribution >= 0.6 is 12.6 Å². The Morgan fingerprint density at radius 3 is 2.10 bits per heavy atom. The molecule has 1 unspecified atom stereocenters. The number of carbonyl (C=O) groups is 2. The van der Waals surface area contributed by atoms with Gasteiger partial charge in [0.2, 0.25) is 0 Å². The first-order valence-corrected chi connectivity index (χ1v) is 9.96. The highest BCUT2D eigenvalue weighted by atomic mass is 32.1. The number of hydrogen-bond acceptors (Lipinski definition) is 5. The summed E-state index contributed by atoms with van der Waals surface area (Å²) in [6, 6.07) is -0.592. The Labute approximate surface area is 180 Å². The Balaban J connectivity index is 2.91. The van der Waals surface area contributed by atoms with Crippen molar-refractivity contribution in [2.45, 2.75) is 80.5 Å². The van der Waals surface area contributed by atoms with Gasteiger partial charge in [0, 0.05) is 18.5 Å². The van der Waals surface area contributed by atoms with Crippen LogP contribution in [0.2, 0.25) is 0 Å². The van der Waals surface area contributed by atoms with Crippen LogP contribution in [0.5, 0.6) is 0 Å². The van der Waals surface area contributed by atoms with Crippen molar-refractivity contribution in [3.63, 3.8) is 0 Å². The second kappa shape index (κ2) is 10.9. The molecule has 1 N–H and O–H groups in total. The molecule has 13 heteroatoms. The molecule has 0 heterocycles. The third kappa shape index (κ3) is 7.55. The zero-order valence-corrected chi connectivity index (χ0v) is 17.3. The maximum atomic E-state index is 13.8. The van der Waals surface area contributed by atoms with E-state index in [0.29, 0.717) is 31.8 Å². The minimum Gasteiger partial charge on any atom is -0.412 e. The average Bonchev–Trinajstić information content (AvgIpc) is 2.65. The van der Waals surface area contributed by atoms with E-state index in [0.717, 1.165) is 6.42 Å². The summed E-state index contributed by atoms with van der Waals surface area (Å²) in [5.74, 6) is -11.9. The topological polar surface area (TPSA) is 64.6 Å². The lowest BCUT2D eigenvalue weighted by Crippen LogP contribution is -2.62. The largest absolute Gasteiger partial charge is 0.466 e. The number of rotatable bonds is 11. The molecule has 1 aliphatic rings. The van der Waals surface area contributed by atoms with E-state index in [9.17, 15) is 40.3 Å². The van der Waals surface area contributed by atoms with Gasteiger partial charge < -0.3 is 14.8 Å². The normalized spacial score (nSPS) is 18.2. The maximum Gasteiger partial charge on any atom is 0.466 e. The molecule has 0 aromatic rings. The van der Waals surface area contributed by atoms with Crippen LogP contribution in [-0.4, -0.2) is 47.7 Å². The predicted molar refractivity (Wildman–Crippen MR) is 98.8 cm³/mol. The lowest BCUT2D eigenvalue weighted by atomic mass is 9.95. The summed E-state index contributed by atoms with van der Waals surface area (Å²) in [5, 5.41) is -2.45. The van der Waals surface area contributed by atoms with Gasteiger partial charge in [0.15, 0.2) is 0 Å². The van der Waals surface area contributed by atoms with Gasteiger partial charge in [0.1, 0.15) is 0 Å². The van der Waals surface area contributed by atoms with Crippen LogP contribution in [0.15, 0.2) is 12.7 Å². The third-order valence-electron chi connectivity index (χ3n) is 4.65. The molecule has 0 radical (unpaired) electrons. The monoisotopic (exact) mass is 483 g/mol. The number of alkyl halides is 7. The Kier molecular flexibility index (Phi) is 9.67. The number of unbranched alkanes of at least 4 members (excludes halogenated alkanes) is 1. The molecule has 31 heavy (non-hydrogen) atoms. The van der Waals surface area contributed by atoms with Crippen LogP contribution in [0.4, 0.5) is 30.7 Å². The van der Waals surface area contributed by atoms with Crippen molar-refractivity contribution in [2.24, 2.45) is 0 Å². The fourth-order valence-electron chi connectivity index (χ4n) is 2.94. The second-order valence-electron chi connectivity index (χ2n) is 7.10. The van der Waals surface area contributed by atoms with Gasteiger partial charge in [0.05, 0.1) is 6.61 Å². The molecule has 1 atom stereocenters. The fourth-order valence-corrected chi connectivity index (χ4v) is 3.05. The molecule has 0 saturated heterocycles. The summed E-state index contributed by atoms with van der Waals surface area (Å²) >= 11 is 2.50. The van der Waals surface area contributed by atoms with Gasteiger partial charge >= 0.3 is 35.0 Å². The van der Waals surface area contributed by atoms with Gasteiger partial charge in [-0.15, -0.1) is 0 Å². The van der Waals surface area contributed by atoms with E-state index in [1.165, 1.54) is 0 Å². The quantitative estimate of drug-likeness (QED) is 0.111. The molecule has 0 spiro atoms. The number of esters is 1. The highest BCUT2D eigenvalue weighted by Gasteiger charge is 2.66. The molecule has 1 rings (SSSR count). The first kappa shape index (κ1) is 27.5. The molecule has 0 aliphatic heterocycles. The number of amides is 1. The van der Waals surface area contributed by atoms with Crippen LogP contribution < -0.4 is 5.32 Å². The molecule has 1 fully saturated rings. The average molecular weight is 483 g/mol. The summed E-state index contributed by atoms with van der Waals surface area (Å²) in [7, 11) is 0. The van der Waals surface area contributed by atoms with Gasteiger partial charge in [-0.1, -0.05) is 38.5 Å². The van der Waals surface area contributed by atoms with Crippen LogP contribution in [0.1, 0.15) is 51.4 Å². The molecule has 0 bridgehead atoms. The van der Waals surface area contributed by atoms with Gasteiger partial charge in [-0.05, 0) is 25.7 Å². The van der Waals surface area contributed by atoms with Crippen molar-refractivity contribution in [2.75, 3.05) is 6.61 Å². The summed E-state index contributed by atoms with van der Waals surface area (Å²) in [6.45, 7) is 1.99. The van der Waals surface area contributed by atoms with Crippen molar-refractivity contribution in [1.82, 2.24) is 5.32 Å². The summed E-state index contributed by atoms with van der Waals surface area (Å²) in [6.07, 6.45) is -4.68. The Hall–Kier alpha value is -1.50. The van der Waals surface area contributed by atoms with Gasteiger partial charge in [-0.25, -0.2) is 4.79 Å². The Morgan fingerprint density at radius 1 is 1.03 bits per heavy atom. The lowest BCUT2D eigenvalue weighted by Gasteiger charge is -2.35. The van der Waals surface area contributed by atoms with E-state index < -0.39 is 66.9 Å².